The van der Waals surface area contributed by atoms with Crippen LogP contribution in [0.25, 0.3) is 10.1 Å². The van der Waals surface area contributed by atoms with Crippen LogP contribution < -0.4 is 10.3 Å². The molecule has 4 heteroatoms. The minimum Gasteiger partial charge on any atom is -0.366 e. The number of hydrogen-bond acceptors (Lipinski definition) is 3. The molecule has 21 heavy (non-hydrogen) atoms. The van der Waals surface area contributed by atoms with Gasteiger partial charge in [0.15, 0.2) is 0 Å². The average Bonchev–Trinajstić information content (AvgIpc) is 2.49. The van der Waals surface area contributed by atoms with Gasteiger partial charge >= 0.3 is 0 Å². The predicted octanol–water partition coefficient (Wildman–Crippen LogP) is 4.04. The van der Waals surface area contributed by atoms with Gasteiger partial charge in [-0.05, 0) is 23.8 Å². The number of rotatable bonds is 3. The highest BCUT2D eigenvalue weighted by molar-refractivity contribution is 7.16. The van der Waals surface area contributed by atoms with E-state index in [0.717, 1.165) is 10.3 Å². The van der Waals surface area contributed by atoms with Crippen LogP contribution in [0.15, 0.2) is 58.7 Å². The van der Waals surface area contributed by atoms with Gasteiger partial charge in [0.25, 0.3) is 0 Å². The van der Waals surface area contributed by atoms with Crippen molar-refractivity contribution in [2.75, 3.05) is 11.9 Å². The summed E-state index contributed by atoms with van der Waals surface area (Å²) in [6.45, 7) is 0.642. The first-order chi connectivity index (χ1) is 10.1. The molecule has 3 rings (SSSR count). The Morgan fingerprint density at radius 3 is 2.67 bits per heavy atom. The van der Waals surface area contributed by atoms with E-state index in [1.54, 1.807) is 6.07 Å². The van der Waals surface area contributed by atoms with Crippen molar-refractivity contribution in [1.29, 1.82) is 0 Å². The highest BCUT2D eigenvalue weighted by atomic mass is 32.1. The molecule has 0 radical (unpaired) electrons. The molecule has 106 valence electrons. The van der Waals surface area contributed by atoms with Gasteiger partial charge < -0.3 is 4.90 Å². The van der Waals surface area contributed by atoms with Crippen LogP contribution in [0.2, 0.25) is 0 Å². The molecule has 0 aliphatic rings. The molecule has 0 saturated carbocycles. The number of halogens is 1. The molecule has 0 N–H and O–H groups in total. The van der Waals surface area contributed by atoms with E-state index in [1.165, 1.54) is 23.5 Å². The second-order valence-electron chi connectivity index (χ2n) is 4.93. The lowest BCUT2D eigenvalue weighted by molar-refractivity contribution is 0.630. The molecule has 1 heterocycles. The van der Waals surface area contributed by atoms with Gasteiger partial charge in [-0.3, -0.25) is 4.79 Å². The van der Waals surface area contributed by atoms with E-state index in [1.807, 2.05) is 47.7 Å². The molecule has 0 saturated heterocycles. The Morgan fingerprint density at radius 1 is 1.14 bits per heavy atom. The zero-order valence-electron chi connectivity index (χ0n) is 11.5. The summed E-state index contributed by atoms with van der Waals surface area (Å²) in [5.41, 5.74) is 1.60. The fourth-order valence-corrected chi connectivity index (χ4v) is 3.25. The summed E-state index contributed by atoms with van der Waals surface area (Å²) in [6, 6.07) is 14.3. The van der Waals surface area contributed by atoms with Crippen molar-refractivity contribution in [2.45, 2.75) is 6.54 Å². The van der Waals surface area contributed by atoms with Crippen LogP contribution in [0, 0.1) is 5.82 Å². The lowest BCUT2D eigenvalue weighted by Gasteiger charge is -2.18. The summed E-state index contributed by atoms with van der Waals surface area (Å²) in [6.07, 6.45) is 0. The van der Waals surface area contributed by atoms with Crippen molar-refractivity contribution in [3.8, 4) is 0 Å². The van der Waals surface area contributed by atoms with Gasteiger partial charge in [0.1, 0.15) is 5.82 Å². The molecule has 0 aliphatic heterocycles. The van der Waals surface area contributed by atoms with Gasteiger partial charge in [0, 0.05) is 29.1 Å². The van der Waals surface area contributed by atoms with Crippen LogP contribution in [0.3, 0.4) is 0 Å². The lowest BCUT2D eigenvalue weighted by atomic mass is 10.2. The second kappa shape index (κ2) is 5.66. The number of anilines is 1. The van der Waals surface area contributed by atoms with Gasteiger partial charge in [0.2, 0.25) is 5.43 Å². The first-order valence-electron chi connectivity index (χ1n) is 6.61. The molecule has 0 atom stereocenters. The summed E-state index contributed by atoms with van der Waals surface area (Å²) in [7, 11) is 1.88. The minimum absolute atomic E-state index is 0.123. The molecule has 2 aromatic carbocycles. The Hall–Kier alpha value is -2.20. The first-order valence-corrected chi connectivity index (χ1v) is 7.49. The lowest BCUT2D eigenvalue weighted by Crippen LogP contribution is -2.22. The summed E-state index contributed by atoms with van der Waals surface area (Å²) in [5.74, 6) is -0.380. The summed E-state index contributed by atoms with van der Waals surface area (Å²) < 4.78 is 14.2. The summed E-state index contributed by atoms with van der Waals surface area (Å²) in [5, 5.41) is 2.28. The quantitative estimate of drug-likeness (QED) is 0.727. The monoisotopic (exact) mass is 299 g/mol. The molecule has 0 aliphatic carbocycles. The molecule has 3 aromatic rings. The molecule has 0 bridgehead atoms. The molecule has 0 fully saturated rings. The van der Waals surface area contributed by atoms with E-state index in [4.69, 9.17) is 0 Å². The number of benzene rings is 2. The Labute approximate surface area is 126 Å². The van der Waals surface area contributed by atoms with Gasteiger partial charge in [-0.15, -0.1) is 11.3 Å². The average molecular weight is 299 g/mol. The van der Waals surface area contributed by atoms with Crippen LogP contribution >= 0.6 is 11.3 Å². The fraction of sp³-hybridized carbons (Fsp3) is 0.118. The van der Waals surface area contributed by atoms with E-state index in [0.29, 0.717) is 17.6 Å². The third-order valence-corrected chi connectivity index (χ3v) is 4.34. The third kappa shape index (κ3) is 2.81. The summed E-state index contributed by atoms with van der Waals surface area (Å²) in [4.78, 5) is 14.4. The van der Waals surface area contributed by atoms with Crippen LogP contribution in [0.4, 0.5) is 10.1 Å². The highest BCUT2D eigenvalue weighted by Crippen LogP contribution is 2.22. The molecule has 1 aromatic heterocycles. The van der Waals surface area contributed by atoms with Crippen molar-refractivity contribution < 1.29 is 4.39 Å². The molecular weight excluding hydrogens is 285 g/mol. The number of nitrogens with zero attached hydrogens (tertiary/aromatic N) is 1. The molecule has 0 amide bonds. The minimum atomic E-state index is -0.380. The first kappa shape index (κ1) is 13.8. The van der Waals surface area contributed by atoms with Crippen molar-refractivity contribution in [1.82, 2.24) is 0 Å². The van der Waals surface area contributed by atoms with E-state index in [9.17, 15) is 9.18 Å². The largest absolute Gasteiger partial charge is 0.366 e. The maximum Gasteiger partial charge on any atom is 0.211 e. The Balaban J connectivity index is 2.00. The van der Waals surface area contributed by atoms with E-state index < -0.39 is 0 Å². The standard InChI is InChI=1S/C17H14FNOS/c1-19(10-12-5-3-2-4-6-12)15-11-21-16-8-7-13(18)9-14(16)17(15)20/h2-9,11H,10H2,1H3. The Kier molecular flexibility index (Phi) is 3.71. The molecule has 0 spiro atoms. The normalized spacial score (nSPS) is 10.8. The predicted molar refractivity (Wildman–Crippen MR) is 86.6 cm³/mol. The van der Waals surface area contributed by atoms with Crippen LogP contribution in [0.5, 0.6) is 0 Å². The maximum absolute atomic E-state index is 13.3. The smallest absolute Gasteiger partial charge is 0.211 e. The molecule has 2 nitrogen and oxygen atoms in total. The van der Waals surface area contributed by atoms with Gasteiger partial charge in [-0.25, -0.2) is 4.39 Å². The Bertz CT molecular complexity index is 829. The van der Waals surface area contributed by atoms with Crippen LogP contribution in [0.1, 0.15) is 5.56 Å². The summed E-state index contributed by atoms with van der Waals surface area (Å²) >= 11 is 1.46. The van der Waals surface area contributed by atoms with E-state index in [-0.39, 0.29) is 11.2 Å². The number of fused-ring (bicyclic) bond motifs is 1. The van der Waals surface area contributed by atoms with Crippen molar-refractivity contribution in [2.24, 2.45) is 0 Å². The number of hydrogen-bond donors (Lipinski definition) is 0. The molecular formula is C17H14FNOS. The zero-order valence-corrected chi connectivity index (χ0v) is 12.4. The third-order valence-electron chi connectivity index (χ3n) is 3.39. The molecule has 0 unspecified atom stereocenters. The van der Waals surface area contributed by atoms with Crippen LogP contribution in [-0.2, 0) is 6.54 Å². The van der Waals surface area contributed by atoms with Crippen LogP contribution in [-0.4, -0.2) is 7.05 Å². The van der Waals surface area contributed by atoms with Crippen molar-refractivity contribution in [3.05, 3.63) is 75.5 Å². The Morgan fingerprint density at radius 2 is 1.90 bits per heavy atom. The second-order valence-corrected chi connectivity index (χ2v) is 5.84. The topological polar surface area (TPSA) is 20.3 Å². The fourth-order valence-electron chi connectivity index (χ4n) is 2.30. The maximum atomic E-state index is 13.3. The van der Waals surface area contributed by atoms with Gasteiger partial charge in [-0.1, -0.05) is 30.3 Å². The SMILES string of the molecule is CN(Cc1ccccc1)c1csc2ccc(F)cc2c1=O. The van der Waals surface area contributed by atoms with Crippen molar-refractivity contribution >= 4 is 27.1 Å². The van der Waals surface area contributed by atoms with E-state index >= 15 is 0 Å². The van der Waals surface area contributed by atoms with Gasteiger partial charge in [0.05, 0.1) is 5.69 Å². The van der Waals surface area contributed by atoms with Crippen molar-refractivity contribution in [3.63, 3.8) is 0 Å². The van der Waals surface area contributed by atoms with Gasteiger partial charge in [-0.2, -0.15) is 0 Å². The highest BCUT2D eigenvalue weighted by Gasteiger charge is 2.10. The zero-order chi connectivity index (χ0) is 14.8. The van der Waals surface area contributed by atoms with E-state index in [2.05, 4.69) is 0 Å².